The molecule has 1 aromatic carbocycles. The van der Waals surface area contributed by atoms with Gasteiger partial charge in [-0.15, -0.1) is 0 Å². The van der Waals surface area contributed by atoms with Crippen LogP contribution < -0.4 is 5.73 Å². The molecule has 2 N–H and O–H groups in total. The quantitative estimate of drug-likeness (QED) is 0.793. The lowest BCUT2D eigenvalue weighted by Gasteiger charge is -2.15. The van der Waals surface area contributed by atoms with Crippen LogP contribution in [0.15, 0.2) is 61.3 Å². The van der Waals surface area contributed by atoms with E-state index >= 15 is 0 Å². The second kappa shape index (κ2) is 5.22. The van der Waals surface area contributed by atoms with E-state index in [1.54, 1.807) is 23.2 Å². The Morgan fingerprint density at radius 3 is 2.60 bits per heavy atom. The molecule has 0 amide bonds. The van der Waals surface area contributed by atoms with Crippen molar-refractivity contribution < 1.29 is 4.39 Å². The van der Waals surface area contributed by atoms with Gasteiger partial charge in [0.05, 0.1) is 36.1 Å². The van der Waals surface area contributed by atoms with Crippen molar-refractivity contribution in [3.63, 3.8) is 0 Å². The van der Waals surface area contributed by atoms with Gasteiger partial charge in [0.1, 0.15) is 0 Å². The summed E-state index contributed by atoms with van der Waals surface area (Å²) in [5.74, 6) is -0.410. The third-order valence-electron chi connectivity index (χ3n) is 3.16. The fraction of sp³-hybridized carbons (Fsp3) is 0.0667. The lowest BCUT2D eigenvalue weighted by atomic mass is 10.1. The number of imidazole rings is 1. The normalized spacial score (nSPS) is 12.3. The zero-order valence-corrected chi connectivity index (χ0v) is 10.6. The SMILES string of the molecule is NC(c1ccccc1)c1cncn1-c1ccncc1F. The number of nitrogens with zero attached hydrogens (tertiary/aromatic N) is 3. The molecule has 3 rings (SSSR count). The van der Waals surface area contributed by atoms with Crippen molar-refractivity contribution in [3.05, 3.63) is 78.4 Å². The van der Waals surface area contributed by atoms with E-state index in [1.165, 1.54) is 12.4 Å². The van der Waals surface area contributed by atoms with Crippen LogP contribution in [0.1, 0.15) is 17.3 Å². The molecule has 0 fully saturated rings. The van der Waals surface area contributed by atoms with Gasteiger partial charge < -0.3 is 5.73 Å². The number of benzene rings is 1. The number of nitrogens with two attached hydrogens (primary N) is 1. The molecular formula is C15H13FN4. The van der Waals surface area contributed by atoms with Crippen molar-refractivity contribution in [3.8, 4) is 5.69 Å². The Morgan fingerprint density at radius 2 is 1.85 bits per heavy atom. The smallest absolute Gasteiger partial charge is 0.165 e. The third kappa shape index (κ3) is 2.19. The summed E-state index contributed by atoms with van der Waals surface area (Å²) in [6.07, 6.45) is 5.91. The first-order valence-corrected chi connectivity index (χ1v) is 6.20. The molecule has 0 radical (unpaired) electrons. The maximum Gasteiger partial charge on any atom is 0.165 e. The van der Waals surface area contributed by atoms with E-state index in [0.29, 0.717) is 5.69 Å². The molecule has 2 aromatic heterocycles. The van der Waals surface area contributed by atoms with Gasteiger partial charge in [0, 0.05) is 6.20 Å². The summed E-state index contributed by atoms with van der Waals surface area (Å²) in [7, 11) is 0. The monoisotopic (exact) mass is 268 g/mol. The van der Waals surface area contributed by atoms with E-state index in [2.05, 4.69) is 9.97 Å². The Hall–Kier alpha value is -2.53. The van der Waals surface area contributed by atoms with Crippen LogP contribution in [0.3, 0.4) is 0 Å². The zero-order chi connectivity index (χ0) is 13.9. The summed E-state index contributed by atoms with van der Waals surface area (Å²) >= 11 is 0. The second-order valence-corrected chi connectivity index (χ2v) is 4.40. The van der Waals surface area contributed by atoms with E-state index in [-0.39, 0.29) is 6.04 Å². The maximum absolute atomic E-state index is 13.8. The minimum Gasteiger partial charge on any atom is -0.319 e. The predicted molar refractivity (Wildman–Crippen MR) is 73.8 cm³/mol. The first kappa shape index (κ1) is 12.5. The predicted octanol–water partition coefficient (Wildman–Crippen LogP) is 2.45. The minimum absolute atomic E-state index is 0.369. The topological polar surface area (TPSA) is 56.7 Å². The van der Waals surface area contributed by atoms with E-state index in [0.717, 1.165) is 11.3 Å². The van der Waals surface area contributed by atoms with Crippen molar-refractivity contribution in [2.45, 2.75) is 6.04 Å². The first-order valence-electron chi connectivity index (χ1n) is 6.20. The van der Waals surface area contributed by atoms with E-state index in [1.807, 2.05) is 30.3 Å². The molecule has 3 aromatic rings. The molecule has 0 aliphatic carbocycles. The molecule has 0 saturated heterocycles. The summed E-state index contributed by atoms with van der Waals surface area (Å²) in [6, 6.07) is 10.9. The summed E-state index contributed by atoms with van der Waals surface area (Å²) in [5.41, 5.74) is 8.31. The molecule has 0 saturated carbocycles. The van der Waals surface area contributed by atoms with E-state index in [9.17, 15) is 4.39 Å². The first-order chi connectivity index (χ1) is 9.77. The van der Waals surface area contributed by atoms with E-state index in [4.69, 9.17) is 5.73 Å². The summed E-state index contributed by atoms with van der Waals surface area (Å²) < 4.78 is 15.5. The Labute approximate surface area is 115 Å². The van der Waals surface area contributed by atoms with Gasteiger partial charge in [0.2, 0.25) is 0 Å². The summed E-state index contributed by atoms with van der Waals surface area (Å²) in [5, 5.41) is 0. The van der Waals surface area contributed by atoms with Crippen LogP contribution in [0.25, 0.3) is 5.69 Å². The van der Waals surface area contributed by atoms with Gasteiger partial charge in [-0.05, 0) is 11.6 Å². The lowest BCUT2D eigenvalue weighted by molar-refractivity contribution is 0.607. The number of halogens is 1. The molecule has 2 heterocycles. The van der Waals surface area contributed by atoms with E-state index < -0.39 is 5.82 Å². The molecule has 0 spiro atoms. The van der Waals surface area contributed by atoms with Gasteiger partial charge in [-0.2, -0.15) is 0 Å². The van der Waals surface area contributed by atoms with Gasteiger partial charge in [0.25, 0.3) is 0 Å². The Bertz CT molecular complexity index is 709. The molecule has 0 aliphatic rings. The molecule has 4 nitrogen and oxygen atoms in total. The lowest BCUT2D eigenvalue weighted by Crippen LogP contribution is -2.16. The number of pyridine rings is 1. The van der Waals surface area contributed by atoms with Gasteiger partial charge in [0.15, 0.2) is 5.82 Å². The molecule has 1 unspecified atom stereocenters. The number of rotatable bonds is 3. The average Bonchev–Trinajstić information content (AvgIpc) is 2.97. The molecule has 5 heteroatoms. The Kier molecular flexibility index (Phi) is 3.26. The fourth-order valence-electron chi connectivity index (χ4n) is 2.13. The van der Waals surface area contributed by atoms with Crippen molar-refractivity contribution in [2.75, 3.05) is 0 Å². The maximum atomic E-state index is 13.8. The highest BCUT2D eigenvalue weighted by atomic mass is 19.1. The van der Waals surface area contributed by atoms with Gasteiger partial charge >= 0.3 is 0 Å². The molecule has 20 heavy (non-hydrogen) atoms. The van der Waals surface area contributed by atoms with Gasteiger partial charge in [-0.3, -0.25) is 9.55 Å². The Balaban J connectivity index is 2.05. The number of hydrogen-bond donors (Lipinski definition) is 1. The fourth-order valence-corrected chi connectivity index (χ4v) is 2.13. The van der Waals surface area contributed by atoms with Crippen LogP contribution in [0, 0.1) is 5.82 Å². The average molecular weight is 268 g/mol. The van der Waals surface area contributed by atoms with Crippen molar-refractivity contribution in [1.82, 2.24) is 14.5 Å². The summed E-state index contributed by atoms with van der Waals surface area (Å²) in [4.78, 5) is 7.83. The largest absolute Gasteiger partial charge is 0.319 e. The zero-order valence-electron chi connectivity index (χ0n) is 10.6. The van der Waals surface area contributed by atoms with Crippen molar-refractivity contribution in [2.24, 2.45) is 5.73 Å². The van der Waals surface area contributed by atoms with Crippen LogP contribution in [0.4, 0.5) is 4.39 Å². The second-order valence-electron chi connectivity index (χ2n) is 4.40. The highest BCUT2D eigenvalue weighted by molar-refractivity contribution is 5.36. The number of aromatic nitrogens is 3. The van der Waals surface area contributed by atoms with Gasteiger partial charge in [-0.1, -0.05) is 30.3 Å². The van der Waals surface area contributed by atoms with Crippen LogP contribution in [-0.4, -0.2) is 14.5 Å². The molecule has 0 aliphatic heterocycles. The molecule has 100 valence electrons. The molecule has 0 bridgehead atoms. The van der Waals surface area contributed by atoms with Crippen LogP contribution in [-0.2, 0) is 0 Å². The molecular weight excluding hydrogens is 255 g/mol. The van der Waals surface area contributed by atoms with Gasteiger partial charge in [-0.25, -0.2) is 9.37 Å². The van der Waals surface area contributed by atoms with Crippen LogP contribution >= 0.6 is 0 Å². The van der Waals surface area contributed by atoms with Crippen LogP contribution in [0.2, 0.25) is 0 Å². The standard InChI is InChI=1S/C15H13FN4/c16-12-8-18-7-6-13(12)20-10-19-9-14(20)15(17)11-4-2-1-3-5-11/h1-10,15H,17H2. The van der Waals surface area contributed by atoms with Crippen LogP contribution in [0.5, 0.6) is 0 Å². The van der Waals surface area contributed by atoms with Crippen molar-refractivity contribution >= 4 is 0 Å². The number of hydrogen-bond acceptors (Lipinski definition) is 3. The third-order valence-corrected chi connectivity index (χ3v) is 3.16. The van der Waals surface area contributed by atoms with Crippen molar-refractivity contribution in [1.29, 1.82) is 0 Å². The highest BCUT2D eigenvalue weighted by Crippen LogP contribution is 2.22. The summed E-state index contributed by atoms with van der Waals surface area (Å²) in [6.45, 7) is 0. The Morgan fingerprint density at radius 1 is 1.05 bits per heavy atom. The highest BCUT2D eigenvalue weighted by Gasteiger charge is 2.16. The molecule has 1 atom stereocenters. The minimum atomic E-state index is -0.410.